The van der Waals surface area contributed by atoms with Gasteiger partial charge < -0.3 is 4.74 Å². The summed E-state index contributed by atoms with van der Waals surface area (Å²) in [5.41, 5.74) is 2.96. The first-order chi connectivity index (χ1) is 13.6. The molecule has 4 rings (SSSR count). The van der Waals surface area contributed by atoms with E-state index in [0.717, 1.165) is 53.0 Å². The molecule has 0 N–H and O–H groups in total. The smallest absolute Gasteiger partial charge is 0.192 e. The highest BCUT2D eigenvalue weighted by atomic mass is 32.2. The number of benzene rings is 1. The van der Waals surface area contributed by atoms with E-state index in [1.165, 1.54) is 17.3 Å². The van der Waals surface area contributed by atoms with Crippen molar-refractivity contribution in [1.29, 1.82) is 0 Å². The van der Waals surface area contributed by atoms with Crippen molar-refractivity contribution in [3.8, 4) is 10.7 Å². The van der Waals surface area contributed by atoms with Gasteiger partial charge in [-0.2, -0.15) is 0 Å². The lowest BCUT2D eigenvalue weighted by atomic mass is 10.0. The van der Waals surface area contributed by atoms with Gasteiger partial charge in [-0.15, -0.1) is 21.5 Å². The highest BCUT2D eigenvalue weighted by molar-refractivity contribution is 7.99. The van der Waals surface area contributed by atoms with Crippen LogP contribution in [0.4, 0.5) is 0 Å². The molecule has 0 aliphatic carbocycles. The predicted molar refractivity (Wildman–Crippen MR) is 113 cm³/mol. The van der Waals surface area contributed by atoms with Crippen molar-refractivity contribution in [2.75, 3.05) is 12.4 Å². The lowest BCUT2D eigenvalue weighted by Crippen LogP contribution is -2.17. The van der Waals surface area contributed by atoms with Gasteiger partial charge in [0.2, 0.25) is 0 Å². The third-order valence-corrected chi connectivity index (χ3v) is 6.72. The number of ether oxygens (including phenoxy) is 1. The van der Waals surface area contributed by atoms with E-state index in [1.807, 2.05) is 43.5 Å². The number of ketones is 1. The molecule has 7 heteroatoms. The van der Waals surface area contributed by atoms with E-state index in [4.69, 9.17) is 4.74 Å². The Labute approximate surface area is 173 Å². The van der Waals surface area contributed by atoms with Crippen LogP contribution in [0.2, 0.25) is 0 Å². The largest absolute Gasteiger partial charge is 0.376 e. The number of aryl methyl sites for hydroxylation is 2. The molecule has 1 aromatic carbocycles. The summed E-state index contributed by atoms with van der Waals surface area (Å²) in [6.45, 7) is 5.56. The summed E-state index contributed by atoms with van der Waals surface area (Å²) in [5, 5.41) is 11.6. The van der Waals surface area contributed by atoms with Gasteiger partial charge in [0, 0.05) is 12.2 Å². The molecule has 1 aliphatic rings. The first-order valence-corrected chi connectivity index (χ1v) is 11.3. The molecule has 1 atom stereocenters. The molecule has 5 nitrogen and oxygen atoms in total. The minimum absolute atomic E-state index is 0.117. The number of nitrogens with zero attached hydrogens (tertiary/aromatic N) is 3. The van der Waals surface area contributed by atoms with Gasteiger partial charge in [0.05, 0.1) is 23.3 Å². The first kappa shape index (κ1) is 19.4. The Morgan fingerprint density at radius 2 is 2.21 bits per heavy atom. The number of carbonyl (C=O) groups is 1. The number of Topliss-reactive ketones (excluding diaryl/α,β-unsaturated/α-hetero) is 1. The van der Waals surface area contributed by atoms with Crippen LogP contribution in [0.25, 0.3) is 10.7 Å². The number of carbonyl (C=O) groups excluding carboxylic acids is 1. The zero-order chi connectivity index (χ0) is 19.5. The van der Waals surface area contributed by atoms with Crippen molar-refractivity contribution in [3.63, 3.8) is 0 Å². The molecule has 1 fully saturated rings. The van der Waals surface area contributed by atoms with Crippen LogP contribution in [0.1, 0.15) is 34.3 Å². The molecule has 1 unspecified atom stereocenters. The van der Waals surface area contributed by atoms with Crippen LogP contribution < -0.4 is 0 Å². The molecule has 0 amide bonds. The van der Waals surface area contributed by atoms with E-state index >= 15 is 0 Å². The number of thiophene rings is 1. The van der Waals surface area contributed by atoms with E-state index in [-0.39, 0.29) is 11.9 Å². The van der Waals surface area contributed by atoms with Crippen molar-refractivity contribution in [2.24, 2.45) is 0 Å². The molecule has 0 saturated carbocycles. The normalized spacial score (nSPS) is 16.6. The monoisotopic (exact) mass is 413 g/mol. The maximum atomic E-state index is 12.7. The Bertz CT molecular complexity index is 960. The Morgan fingerprint density at radius 1 is 1.32 bits per heavy atom. The molecule has 146 valence electrons. The highest BCUT2D eigenvalue weighted by Gasteiger charge is 2.23. The van der Waals surface area contributed by atoms with E-state index in [2.05, 4.69) is 20.8 Å². The average Bonchev–Trinajstić information content (AvgIpc) is 3.42. The maximum absolute atomic E-state index is 12.7. The molecule has 1 saturated heterocycles. The fraction of sp³-hybridized carbons (Fsp3) is 0.381. The van der Waals surface area contributed by atoms with Crippen molar-refractivity contribution < 1.29 is 9.53 Å². The van der Waals surface area contributed by atoms with E-state index in [1.54, 1.807) is 11.3 Å². The fourth-order valence-corrected chi connectivity index (χ4v) is 5.02. The predicted octanol–water partition coefficient (Wildman–Crippen LogP) is 4.78. The standard InChI is InChI=1S/C21H23N3O2S2/c1-14-7-8-17(15(2)11-14)18(25)13-28-21-23-22-20(19-6-4-10-27-19)24(21)12-16-5-3-9-26-16/h4,6-8,10-11,16H,3,5,9,12-13H2,1-2H3. The average molecular weight is 414 g/mol. The second-order valence-corrected chi connectivity index (χ2v) is 8.95. The quantitative estimate of drug-likeness (QED) is 0.412. The number of thioether (sulfide) groups is 1. The molecule has 3 aromatic rings. The van der Waals surface area contributed by atoms with Gasteiger partial charge in [-0.3, -0.25) is 9.36 Å². The van der Waals surface area contributed by atoms with Crippen LogP contribution in [0.15, 0.2) is 40.9 Å². The van der Waals surface area contributed by atoms with Crippen molar-refractivity contribution in [2.45, 2.75) is 44.5 Å². The van der Waals surface area contributed by atoms with Crippen LogP contribution in [0.5, 0.6) is 0 Å². The second kappa shape index (κ2) is 8.59. The molecular weight excluding hydrogens is 390 g/mol. The molecular formula is C21H23N3O2S2. The summed E-state index contributed by atoms with van der Waals surface area (Å²) in [6, 6.07) is 10.0. The second-order valence-electron chi connectivity index (χ2n) is 7.06. The van der Waals surface area contributed by atoms with Crippen molar-refractivity contribution >= 4 is 28.9 Å². The summed E-state index contributed by atoms with van der Waals surface area (Å²) in [5.74, 6) is 1.32. The summed E-state index contributed by atoms with van der Waals surface area (Å²) < 4.78 is 7.94. The van der Waals surface area contributed by atoms with Gasteiger partial charge in [-0.05, 0) is 43.7 Å². The van der Waals surface area contributed by atoms with E-state index in [0.29, 0.717) is 5.75 Å². The molecule has 3 heterocycles. The number of rotatable bonds is 7. The van der Waals surface area contributed by atoms with Crippen molar-refractivity contribution in [1.82, 2.24) is 14.8 Å². The van der Waals surface area contributed by atoms with Gasteiger partial charge in [0.15, 0.2) is 16.8 Å². The van der Waals surface area contributed by atoms with Gasteiger partial charge in [-0.25, -0.2) is 0 Å². The van der Waals surface area contributed by atoms with Crippen LogP contribution in [0.3, 0.4) is 0 Å². The molecule has 2 aromatic heterocycles. The number of aromatic nitrogens is 3. The number of hydrogen-bond donors (Lipinski definition) is 0. The van der Waals surface area contributed by atoms with Gasteiger partial charge in [-0.1, -0.05) is 41.6 Å². The summed E-state index contributed by atoms with van der Waals surface area (Å²) in [6.07, 6.45) is 2.33. The summed E-state index contributed by atoms with van der Waals surface area (Å²) in [7, 11) is 0. The Balaban J connectivity index is 1.54. The third kappa shape index (κ3) is 4.21. The minimum Gasteiger partial charge on any atom is -0.376 e. The van der Waals surface area contributed by atoms with E-state index < -0.39 is 0 Å². The zero-order valence-electron chi connectivity index (χ0n) is 16.1. The maximum Gasteiger partial charge on any atom is 0.192 e. The first-order valence-electron chi connectivity index (χ1n) is 9.44. The van der Waals surface area contributed by atoms with Crippen LogP contribution >= 0.6 is 23.1 Å². The van der Waals surface area contributed by atoms with Crippen LogP contribution in [0, 0.1) is 13.8 Å². The molecule has 0 radical (unpaired) electrons. The minimum atomic E-state index is 0.117. The van der Waals surface area contributed by atoms with Crippen LogP contribution in [-0.2, 0) is 11.3 Å². The molecule has 0 bridgehead atoms. The molecule has 28 heavy (non-hydrogen) atoms. The van der Waals surface area contributed by atoms with Gasteiger partial charge >= 0.3 is 0 Å². The fourth-order valence-electron chi connectivity index (χ4n) is 3.47. The Morgan fingerprint density at radius 3 is 2.93 bits per heavy atom. The molecule has 0 spiro atoms. The van der Waals surface area contributed by atoms with Gasteiger partial charge in [0.1, 0.15) is 0 Å². The lowest BCUT2D eigenvalue weighted by Gasteiger charge is -2.14. The number of hydrogen-bond acceptors (Lipinski definition) is 6. The van der Waals surface area contributed by atoms with E-state index in [9.17, 15) is 4.79 Å². The SMILES string of the molecule is Cc1ccc(C(=O)CSc2nnc(-c3cccs3)n2CC2CCCO2)c(C)c1. The third-order valence-electron chi connectivity index (χ3n) is 4.88. The Kier molecular flexibility index (Phi) is 5.94. The van der Waals surface area contributed by atoms with Crippen LogP contribution in [-0.4, -0.2) is 39.0 Å². The van der Waals surface area contributed by atoms with Crippen molar-refractivity contribution in [3.05, 3.63) is 52.4 Å². The summed E-state index contributed by atoms with van der Waals surface area (Å²) >= 11 is 3.10. The molecule has 1 aliphatic heterocycles. The zero-order valence-corrected chi connectivity index (χ0v) is 17.7. The van der Waals surface area contributed by atoms with Gasteiger partial charge in [0.25, 0.3) is 0 Å². The Hall–Kier alpha value is -1.96. The lowest BCUT2D eigenvalue weighted by molar-refractivity contribution is 0.0953. The topological polar surface area (TPSA) is 57.0 Å². The highest BCUT2D eigenvalue weighted by Crippen LogP contribution is 2.29. The summed E-state index contributed by atoms with van der Waals surface area (Å²) in [4.78, 5) is 13.8.